The maximum absolute atomic E-state index is 11.9. The number of amides is 2. The smallest absolute Gasteiger partial charge is 0.239 e. The highest BCUT2D eigenvalue weighted by molar-refractivity contribution is 5.87. The Morgan fingerprint density at radius 1 is 1.29 bits per heavy atom. The highest BCUT2D eigenvalue weighted by atomic mass is 16.2. The number of carbonyl (C=O) groups is 2. The molecule has 0 bridgehead atoms. The molecular formula is C12H25N3O2. The highest BCUT2D eigenvalue weighted by Gasteiger charge is 2.21. The number of rotatable bonds is 7. The molecule has 0 saturated heterocycles. The summed E-state index contributed by atoms with van der Waals surface area (Å²) in [6.45, 7) is 8.19. The summed E-state index contributed by atoms with van der Waals surface area (Å²) in [5.41, 5.74) is 5.76. The predicted octanol–water partition coefficient (Wildman–Crippen LogP) is 0.487. The van der Waals surface area contributed by atoms with Crippen LogP contribution in [0.2, 0.25) is 0 Å². The largest absolute Gasteiger partial charge is 0.352 e. The zero-order valence-corrected chi connectivity index (χ0v) is 11.3. The normalized spacial score (nSPS) is 12.4. The Hall–Kier alpha value is -1.10. The average molecular weight is 243 g/mol. The van der Waals surface area contributed by atoms with Gasteiger partial charge in [-0.25, -0.2) is 0 Å². The van der Waals surface area contributed by atoms with Crippen molar-refractivity contribution in [1.29, 1.82) is 0 Å². The van der Waals surface area contributed by atoms with E-state index in [0.29, 0.717) is 13.0 Å². The van der Waals surface area contributed by atoms with Gasteiger partial charge in [-0.1, -0.05) is 13.3 Å². The van der Waals surface area contributed by atoms with Crippen LogP contribution in [0.3, 0.4) is 0 Å². The van der Waals surface area contributed by atoms with E-state index in [-0.39, 0.29) is 24.4 Å². The van der Waals surface area contributed by atoms with Crippen LogP contribution in [0.4, 0.5) is 0 Å². The molecule has 0 heterocycles. The quantitative estimate of drug-likeness (QED) is 0.683. The first-order chi connectivity index (χ1) is 7.92. The van der Waals surface area contributed by atoms with Crippen LogP contribution in [0.5, 0.6) is 0 Å². The van der Waals surface area contributed by atoms with E-state index in [1.165, 1.54) is 4.90 Å². The van der Waals surface area contributed by atoms with Crippen molar-refractivity contribution in [2.24, 2.45) is 5.73 Å². The Labute approximate surface area is 104 Å². The van der Waals surface area contributed by atoms with Crippen LogP contribution < -0.4 is 11.1 Å². The zero-order chi connectivity index (χ0) is 13.4. The van der Waals surface area contributed by atoms with Gasteiger partial charge in [0.15, 0.2) is 0 Å². The number of likely N-dealkylation sites (N-methyl/N-ethyl adjacent to an activating group) is 1. The maximum atomic E-state index is 11.9. The van der Waals surface area contributed by atoms with E-state index in [2.05, 4.69) is 5.32 Å². The van der Waals surface area contributed by atoms with E-state index < -0.39 is 6.04 Å². The van der Waals surface area contributed by atoms with E-state index in [9.17, 15) is 9.59 Å². The predicted molar refractivity (Wildman–Crippen MR) is 68.4 cm³/mol. The lowest BCUT2D eigenvalue weighted by Crippen LogP contribution is -2.48. The first-order valence-electron chi connectivity index (χ1n) is 6.26. The van der Waals surface area contributed by atoms with Crippen molar-refractivity contribution in [3.63, 3.8) is 0 Å². The summed E-state index contributed by atoms with van der Waals surface area (Å²) in [6, 6.07) is -0.410. The van der Waals surface area contributed by atoms with Crippen molar-refractivity contribution >= 4 is 11.8 Å². The molecule has 0 rings (SSSR count). The molecule has 0 fully saturated rings. The minimum absolute atomic E-state index is 0.0839. The summed E-state index contributed by atoms with van der Waals surface area (Å²) < 4.78 is 0. The minimum Gasteiger partial charge on any atom is -0.352 e. The van der Waals surface area contributed by atoms with E-state index in [1.807, 2.05) is 27.7 Å². The Morgan fingerprint density at radius 2 is 1.88 bits per heavy atom. The van der Waals surface area contributed by atoms with Gasteiger partial charge >= 0.3 is 0 Å². The summed E-state index contributed by atoms with van der Waals surface area (Å²) in [7, 11) is 0. The third-order valence-corrected chi connectivity index (χ3v) is 2.39. The first-order valence-corrected chi connectivity index (χ1v) is 6.26. The van der Waals surface area contributed by atoms with Crippen molar-refractivity contribution in [3.8, 4) is 0 Å². The minimum atomic E-state index is -0.494. The fourth-order valence-corrected chi connectivity index (χ4v) is 1.56. The number of nitrogens with one attached hydrogen (secondary N) is 1. The Morgan fingerprint density at radius 3 is 2.29 bits per heavy atom. The first kappa shape index (κ1) is 15.9. The molecule has 0 saturated carbocycles. The fourth-order valence-electron chi connectivity index (χ4n) is 1.56. The molecule has 17 heavy (non-hydrogen) atoms. The third kappa shape index (κ3) is 6.26. The number of nitrogens with two attached hydrogens (primary N) is 1. The van der Waals surface area contributed by atoms with Gasteiger partial charge in [-0.15, -0.1) is 0 Å². The lowest BCUT2D eigenvalue weighted by molar-refractivity contribution is -0.137. The Kier molecular flexibility index (Phi) is 7.54. The second kappa shape index (κ2) is 8.06. The maximum Gasteiger partial charge on any atom is 0.239 e. The summed E-state index contributed by atoms with van der Waals surface area (Å²) in [5, 5.41) is 2.76. The topological polar surface area (TPSA) is 75.4 Å². The molecule has 0 spiro atoms. The molecule has 0 aromatic heterocycles. The molecule has 0 aliphatic heterocycles. The molecule has 0 aliphatic rings. The molecule has 1 atom stereocenters. The number of nitrogens with zero attached hydrogens (tertiary/aromatic N) is 1. The fraction of sp³-hybridized carbons (Fsp3) is 0.833. The van der Waals surface area contributed by atoms with Gasteiger partial charge < -0.3 is 16.0 Å². The SMILES string of the molecule is CCC[C@H](N)C(=O)N(CC)CC(=O)NC(C)C. The molecule has 100 valence electrons. The monoisotopic (exact) mass is 243 g/mol. The molecule has 0 aromatic carbocycles. The molecule has 0 unspecified atom stereocenters. The van der Waals surface area contributed by atoms with Crippen LogP contribution in [-0.4, -0.2) is 41.9 Å². The Bertz CT molecular complexity index is 254. The molecular weight excluding hydrogens is 218 g/mol. The summed E-state index contributed by atoms with van der Waals surface area (Å²) in [4.78, 5) is 25.0. The van der Waals surface area contributed by atoms with Gasteiger partial charge in [0.1, 0.15) is 0 Å². The molecule has 5 nitrogen and oxygen atoms in total. The zero-order valence-electron chi connectivity index (χ0n) is 11.3. The van der Waals surface area contributed by atoms with Crippen LogP contribution in [-0.2, 0) is 9.59 Å². The van der Waals surface area contributed by atoms with Gasteiger partial charge in [0.25, 0.3) is 0 Å². The van der Waals surface area contributed by atoms with Crippen molar-refractivity contribution in [2.75, 3.05) is 13.1 Å². The lowest BCUT2D eigenvalue weighted by atomic mass is 10.1. The van der Waals surface area contributed by atoms with Gasteiger partial charge in [0.2, 0.25) is 11.8 Å². The van der Waals surface area contributed by atoms with Crippen LogP contribution in [0.25, 0.3) is 0 Å². The average Bonchev–Trinajstić information content (AvgIpc) is 2.24. The number of carbonyl (C=O) groups excluding carboxylic acids is 2. The summed E-state index contributed by atoms with van der Waals surface area (Å²) in [6.07, 6.45) is 1.52. The van der Waals surface area contributed by atoms with E-state index in [1.54, 1.807) is 0 Å². The number of hydrogen-bond acceptors (Lipinski definition) is 3. The molecule has 0 radical (unpaired) electrons. The highest BCUT2D eigenvalue weighted by Crippen LogP contribution is 2.00. The van der Waals surface area contributed by atoms with Crippen molar-refractivity contribution in [3.05, 3.63) is 0 Å². The van der Waals surface area contributed by atoms with Crippen molar-refractivity contribution in [2.45, 2.75) is 52.6 Å². The van der Waals surface area contributed by atoms with Crippen LogP contribution >= 0.6 is 0 Å². The van der Waals surface area contributed by atoms with E-state index in [0.717, 1.165) is 6.42 Å². The summed E-state index contributed by atoms with van der Waals surface area (Å²) >= 11 is 0. The van der Waals surface area contributed by atoms with Crippen molar-refractivity contribution in [1.82, 2.24) is 10.2 Å². The molecule has 2 amide bonds. The molecule has 3 N–H and O–H groups in total. The second-order valence-corrected chi connectivity index (χ2v) is 4.47. The second-order valence-electron chi connectivity index (χ2n) is 4.47. The van der Waals surface area contributed by atoms with Gasteiger partial charge in [-0.05, 0) is 27.2 Å². The number of hydrogen-bond donors (Lipinski definition) is 2. The third-order valence-electron chi connectivity index (χ3n) is 2.39. The van der Waals surface area contributed by atoms with Gasteiger partial charge in [-0.3, -0.25) is 9.59 Å². The van der Waals surface area contributed by atoms with Gasteiger partial charge in [0, 0.05) is 12.6 Å². The van der Waals surface area contributed by atoms with Crippen LogP contribution in [0.15, 0.2) is 0 Å². The van der Waals surface area contributed by atoms with Gasteiger partial charge in [-0.2, -0.15) is 0 Å². The van der Waals surface area contributed by atoms with E-state index in [4.69, 9.17) is 5.73 Å². The molecule has 5 heteroatoms. The molecule has 0 aromatic rings. The van der Waals surface area contributed by atoms with Crippen molar-refractivity contribution < 1.29 is 9.59 Å². The van der Waals surface area contributed by atoms with Crippen LogP contribution in [0, 0.1) is 0 Å². The van der Waals surface area contributed by atoms with Gasteiger partial charge in [0.05, 0.1) is 12.6 Å². The summed E-state index contributed by atoms with van der Waals surface area (Å²) in [5.74, 6) is -0.285. The van der Waals surface area contributed by atoms with E-state index >= 15 is 0 Å². The lowest BCUT2D eigenvalue weighted by Gasteiger charge is -2.24. The van der Waals surface area contributed by atoms with Crippen LogP contribution in [0.1, 0.15) is 40.5 Å². The standard InChI is InChI=1S/C12H25N3O2/c1-5-7-10(13)12(17)15(6-2)8-11(16)14-9(3)4/h9-10H,5-8,13H2,1-4H3,(H,14,16)/t10-/m0/s1. The Balaban J connectivity index is 4.32. The molecule has 0 aliphatic carbocycles.